The van der Waals surface area contributed by atoms with Crippen LogP contribution in [0.1, 0.15) is 46.5 Å². The maximum Gasteiger partial charge on any atom is 0.136 e. The van der Waals surface area contributed by atoms with Gasteiger partial charge in [-0.1, -0.05) is 27.2 Å². The third kappa shape index (κ3) is 5.04. The maximum atomic E-state index is 11.6. The zero-order valence-electron chi connectivity index (χ0n) is 9.05. The molecule has 0 aliphatic rings. The number of Topliss-reactive ketones (excluding diaryl/α,β-unsaturated/α-hetero) is 1. The van der Waals surface area contributed by atoms with Gasteiger partial charge in [0.2, 0.25) is 0 Å². The minimum Gasteiger partial charge on any atom is -0.396 e. The lowest BCUT2D eigenvalue weighted by molar-refractivity contribution is -0.124. The van der Waals surface area contributed by atoms with Gasteiger partial charge >= 0.3 is 0 Å². The second kappa shape index (κ2) is 7.07. The third-order valence-corrected chi connectivity index (χ3v) is 2.40. The Kier molecular flexibility index (Phi) is 6.87. The van der Waals surface area contributed by atoms with Gasteiger partial charge in [0, 0.05) is 18.9 Å². The van der Waals surface area contributed by atoms with Crippen LogP contribution in [0.25, 0.3) is 0 Å². The van der Waals surface area contributed by atoms with E-state index in [0.29, 0.717) is 24.5 Å². The first-order chi connectivity index (χ1) is 6.13. The Labute approximate surface area is 81.3 Å². The second-order valence-electron chi connectivity index (χ2n) is 3.93. The number of aliphatic hydroxyl groups excluding tert-OH is 1. The summed E-state index contributed by atoms with van der Waals surface area (Å²) in [4.78, 5) is 11.6. The SMILES string of the molecule is CCC[C@@H](C(=O)CCCO)C(C)C. The summed E-state index contributed by atoms with van der Waals surface area (Å²) in [5.74, 6) is 0.966. The molecule has 0 saturated carbocycles. The summed E-state index contributed by atoms with van der Waals surface area (Å²) in [6.45, 7) is 6.42. The van der Waals surface area contributed by atoms with E-state index in [0.717, 1.165) is 12.8 Å². The molecule has 0 heterocycles. The summed E-state index contributed by atoms with van der Waals surface area (Å²) in [7, 11) is 0. The monoisotopic (exact) mass is 186 g/mol. The maximum absolute atomic E-state index is 11.6. The quantitative estimate of drug-likeness (QED) is 0.663. The highest BCUT2D eigenvalue weighted by atomic mass is 16.3. The van der Waals surface area contributed by atoms with Gasteiger partial charge in [0.15, 0.2) is 0 Å². The Morgan fingerprint density at radius 3 is 2.38 bits per heavy atom. The number of hydrogen-bond acceptors (Lipinski definition) is 2. The summed E-state index contributed by atoms with van der Waals surface area (Å²) in [6.07, 6.45) is 3.21. The van der Waals surface area contributed by atoms with Crippen LogP contribution in [0.3, 0.4) is 0 Å². The first-order valence-corrected chi connectivity index (χ1v) is 5.27. The topological polar surface area (TPSA) is 37.3 Å². The van der Waals surface area contributed by atoms with Crippen LogP contribution in [0.4, 0.5) is 0 Å². The van der Waals surface area contributed by atoms with Gasteiger partial charge in [-0.3, -0.25) is 4.79 Å². The smallest absolute Gasteiger partial charge is 0.136 e. The number of carbonyl (C=O) groups is 1. The van der Waals surface area contributed by atoms with E-state index in [9.17, 15) is 4.79 Å². The fourth-order valence-corrected chi connectivity index (χ4v) is 1.62. The molecule has 1 atom stereocenters. The van der Waals surface area contributed by atoms with Gasteiger partial charge in [0.25, 0.3) is 0 Å². The molecule has 0 spiro atoms. The Morgan fingerprint density at radius 2 is 2.00 bits per heavy atom. The molecule has 0 amide bonds. The lowest BCUT2D eigenvalue weighted by atomic mass is 9.86. The van der Waals surface area contributed by atoms with Gasteiger partial charge < -0.3 is 5.11 Å². The van der Waals surface area contributed by atoms with Crippen molar-refractivity contribution in [1.29, 1.82) is 0 Å². The van der Waals surface area contributed by atoms with Crippen molar-refractivity contribution >= 4 is 5.78 Å². The van der Waals surface area contributed by atoms with Crippen LogP contribution in [0.15, 0.2) is 0 Å². The first-order valence-electron chi connectivity index (χ1n) is 5.27. The van der Waals surface area contributed by atoms with Gasteiger partial charge in [-0.25, -0.2) is 0 Å². The van der Waals surface area contributed by atoms with E-state index < -0.39 is 0 Å². The zero-order chi connectivity index (χ0) is 10.3. The highest BCUT2D eigenvalue weighted by molar-refractivity contribution is 5.81. The Morgan fingerprint density at radius 1 is 1.38 bits per heavy atom. The second-order valence-corrected chi connectivity index (χ2v) is 3.93. The van der Waals surface area contributed by atoms with E-state index in [-0.39, 0.29) is 12.5 Å². The molecule has 0 aromatic carbocycles. The van der Waals surface area contributed by atoms with E-state index in [2.05, 4.69) is 20.8 Å². The van der Waals surface area contributed by atoms with Crippen molar-refractivity contribution < 1.29 is 9.90 Å². The average molecular weight is 186 g/mol. The molecule has 2 heteroatoms. The van der Waals surface area contributed by atoms with Gasteiger partial charge in [0.1, 0.15) is 5.78 Å². The summed E-state index contributed by atoms with van der Waals surface area (Å²) in [6, 6.07) is 0. The molecule has 0 aromatic heterocycles. The van der Waals surface area contributed by atoms with Crippen LogP contribution in [0, 0.1) is 11.8 Å². The summed E-state index contributed by atoms with van der Waals surface area (Å²) < 4.78 is 0. The lowest BCUT2D eigenvalue weighted by Gasteiger charge is -2.18. The molecule has 13 heavy (non-hydrogen) atoms. The number of aliphatic hydroxyl groups is 1. The van der Waals surface area contributed by atoms with Gasteiger partial charge in [0.05, 0.1) is 0 Å². The highest BCUT2D eigenvalue weighted by Gasteiger charge is 2.19. The number of carbonyl (C=O) groups excluding carboxylic acids is 1. The molecule has 2 nitrogen and oxygen atoms in total. The van der Waals surface area contributed by atoms with Crippen LogP contribution in [0.5, 0.6) is 0 Å². The molecular formula is C11H22O2. The van der Waals surface area contributed by atoms with E-state index in [1.54, 1.807) is 0 Å². The predicted octanol–water partition coefficient (Wildman–Crippen LogP) is 2.40. The van der Waals surface area contributed by atoms with Gasteiger partial charge in [-0.2, -0.15) is 0 Å². The van der Waals surface area contributed by atoms with Crippen LogP contribution >= 0.6 is 0 Å². The zero-order valence-corrected chi connectivity index (χ0v) is 9.05. The number of rotatable bonds is 7. The molecule has 0 radical (unpaired) electrons. The van der Waals surface area contributed by atoms with Crippen LogP contribution < -0.4 is 0 Å². The van der Waals surface area contributed by atoms with Gasteiger partial charge in [-0.15, -0.1) is 0 Å². The van der Waals surface area contributed by atoms with E-state index in [1.807, 2.05) is 0 Å². The van der Waals surface area contributed by atoms with Crippen LogP contribution in [0.2, 0.25) is 0 Å². The molecule has 0 saturated heterocycles. The number of ketones is 1. The minimum atomic E-state index is 0.128. The normalized spacial score (nSPS) is 13.3. The van der Waals surface area contributed by atoms with Crippen molar-refractivity contribution in [3.05, 3.63) is 0 Å². The van der Waals surface area contributed by atoms with E-state index in [4.69, 9.17) is 5.11 Å². The first kappa shape index (κ1) is 12.6. The molecule has 0 aliphatic heterocycles. The van der Waals surface area contributed by atoms with E-state index >= 15 is 0 Å². The lowest BCUT2D eigenvalue weighted by Crippen LogP contribution is -2.20. The molecule has 0 aromatic rings. The summed E-state index contributed by atoms with van der Waals surface area (Å²) in [5, 5.41) is 8.61. The molecule has 0 bridgehead atoms. The van der Waals surface area contributed by atoms with Gasteiger partial charge in [-0.05, 0) is 18.8 Å². The summed E-state index contributed by atoms with van der Waals surface area (Å²) >= 11 is 0. The van der Waals surface area contributed by atoms with Crippen molar-refractivity contribution in [2.45, 2.75) is 46.5 Å². The average Bonchev–Trinajstić information content (AvgIpc) is 2.09. The van der Waals surface area contributed by atoms with E-state index in [1.165, 1.54) is 0 Å². The third-order valence-electron chi connectivity index (χ3n) is 2.40. The fraction of sp³-hybridized carbons (Fsp3) is 0.909. The van der Waals surface area contributed by atoms with Crippen LogP contribution in [-0.4, -0.2) is 17.5 Å². The molecular weight excluding hydrogens is 164 g/mol. The Bertz CT molecular complexity index is 141. The molecule has 78 valence electrons. The predicted molar refractivity (Wildman–Crippen MR) is 54.6 cm³/mol. The molecule has 0 rings (SSSR count). The van der Waals surface area contributed by atoms with Crippen molar-refractivity contribution in [1.82, 2.24) is 0 Å². The highest BCUT2D eigenvalue weighted by Crippen LogP contribution is 2.20. The Hall–Kier alpha value is -0.370. The van der Waals surface area contributed by atoms with Crippen molar-refractivity contribution in [2.24, 2.45) is 11.8 Å². The Balaban J connectivity index is 3.96. The fourth-order valence-electron chi connectivity index (χ4n) is 1.62. The minimum absolute atomic E-state index is 0.128. The van der Waals surface area contributed by atoms with Crippen LogP contribution in [-0.2, 0) is 4.79 Å². The van der Waals surface area contributed by atoms with Crippen molar-refractivity contribution in [3.63, 3.8) is 0 Å². The molecule has 1 N–H and O–H groups in total. The standard InChI is InChI=1S/C11H22O2/c1-4-6-10(9(2)3)11(13)7-5-8-12/h9-10,12H,4-8H2,1-3H3/t10-/m1/s1. The van der Waals surface area contributed by atoms with Crippen molar-refractivity contribution in [3.8, 4) is 0 Å². The molecule has 0 fully saturated rings. The number of hydrogen-bond donors (Lipinski definition) is 1. The molecule has 0 aliphatic carbocycles. The largest absolute Gasteiger partial charge is 0.396 e. The summed E-state index contributed by atoms with van der Waals surface area (Å²) in [5.41, 5.74) is 0. The van der Waals surface area contributed by atoms with Crippen molar-refractivity contribution in [2.75, 3.05) is 6.61 Å². The molecule has 0 unspecified atom stereocenters.